The minimum absolute atomic E-state index is 0.232. The molecule has 0 saturated carbocycles. The molecule has 0 radical (unpaired) electrons. The van der Waals surface area contributed by atoms with Gasteiger partial charge >= 0.3 is 0 Å². The van der Waals surface area contributed by atoms with Gasteiger partial charge in [0.1, 0.15) is 0 Å². The van der Waals surface area contributed by atoms with Crippen LogP contribution in [0.4, 0.5) is 11.4 Å². The van der Waals surface area contributed by atoms with Crippen molar-refractivity contribution < 1.29 is 9.59 Å². The van der Waals surface area contributed by atoms with Crippen LogP contribution >= 0.6 is 0 Å². The van der Waals surface area contributed by atoms with Crippen molar-refractivity contribution in [3.05, 3.63) is 23.3 Å². The van der Waals surface area contributed by atoms with E-state index >= 15 is 0 Å². The highest BCUT2D eigenvalue weighted by Crippen LogP contribution is 2.35. The Kier molecular flexibility index (Phi) is 1.95. The standard InChI is InChI=1S/C11H13N3O2/c1-11(2)5-3-4-6(12)8(13)7(5)9(15)14-10(11)16/h3-4H,12-13H2,1-2H3,(H,14,15,16). The average molecular weight is 219 g/mol. The summed E-state index contributed by atoms with van der Waals surface area (Å²) in [6.07, 6.45) is 0. The molecule has 0 fully saturated rings. The number of imide groups is 1. The fourth-order valence-corrected chi connectivity index (χ4v) is 1.85. The molecule has 0 atom stereocenters. The molecule has 1 aromatic rings. The van der Waals surface area contributed by atoms with Crippen molar-refractivity contribution in [1.82, 2.24) is 5.32 Å². The van der Waals surface area contributed by atoms with Crippen LogP contribution in [0.25, 0.3) is 0 Å². The second-order valence-corrected chi connectivity index (χ2v) is 4.40. The minimum Gasteiger partial charge on any atom is -0.397 e. The van der Waals surface area contributed by atoms with Crippen molar-refractivity contribution in [1.29, 1.82) is 0 Å². The predicted molar refractivity (Wildman–Crippen MR) is 60.8 cm³/mol. The van der Waals surface area contributed by atoms with Crippen LogP contribution in [-0.2, 0) is 10.2 Å². The Morgan fingerprint density at radius 3 is 2.44 bits per heavy atom. The van der Waals surface area contributed by atoms with Gasteiger partial charge in [0.2, 0.25) is 5.91 Å². The molecule has 16 heavy (non-hydrogen) atoms. The Morgan fingerprint density at radius 2 is 1.81 bits per heavy atom. The van der Waals surface area contributed by atoms with Crippen molar-refractivity contribution in [3.63, 3.8) is 0 Å². The van der Waals surface area contributed by atoms with Crippen molar-refractivity contribution in [2.45, 2.75) is 19.3 Å². The van der Waals surface area contributed by atoms with E-state index in [0.29, 0.717) is 16.8 Å². The molecule has 1 aliphatic heterocycles. The summed E-state index contributed by atoms with van der Waals surface area (Å²) in [6.45, 7) is 3.48. The van der Waals surface area contributed by atoms with Crippen molar-refractivity contribution in [2.75, 3.05) is 11.5 Å². The van der Waals surface area contributed by atoms with Crippen LogP contribution in [0.2, 0.25) is 0 Å². The third kappa shape index (κ3) is 1.18. The lowest BCUT2D eigenvalue weighted by Crippen LogP contribution is -2.49. The van der Waals surface area contributed by atoms with Crippen LogP contribution in [-0.4, -0.2) is 11.8 Å². The molecule has 5 nitrogen and oxygen atoms in total. The smallest absolute Gasteiger partial charge is 0.260 e. The zero-order valence-electron chi connectivity index (χ0n) is 9.13. The maximum absolute atomic E-state index is 11.7. The molecule has 5 N–H and O–H groups in total. The molecule has 0 aliphatic carbocycles. The molecular formula is C11H13N3O2. The van der Waals surface area contributed by atoms with Crippen molar-refractivity contribution in [2.24, 2.45) is 0 Å². The Bertz CT molecular complexity index is 506. The molecule has 0 saturated heterocycles. The van der Waals surface area contributed by atoms with Gasteiger partial charge in [-0.05, 0) is 25.5 Å². The Labute approximate surface area is 92.8 Å². The molecule has 1 aliphatic rings. The van der Waals surface area contributed by atoms with Gasteiger partial charge in [-0.1, -0.05) is 6.07 Å². The summed E-state index contributed by atoms with van der Waals surface area (Å²) in [5.74, 6) is -0.807. The molecule has 0 unspecified atom stereocenters. The van der Waals surface area contributed by atoms with E-state index in [4.69, 9.17) is 11.5 Å². The number of carbonyl (C=O) groups is 2. The zero-order chi connectivity index (χ0) is 12.1. The molecule has 0 bridgehead atoms. The number of fused-ring (bicyclic) bond motifs is 1. The SMILES string of the molecule is CC1(C)C(=O)NC(=O)c2c1ccc(N)c2N. The first-order valence-electron chi connectivity index (χ1n) is 4.90. The molecule has 2 amide bonds. The quantitative estimate of drug-likeness (QED) is 0.434. The van der Waals surface area contributed by atoms with E-state index in [1.54, 1.807) is 26.0 Å². The van der Waals surface area contributed by atoms with E-state index in [1.165, 1.54) is 0 Å². The van der Waals surface area contributed by atoms with E-state index in [-0.39, 0.29) is 11.6 Å². The highest BCUT2D eigenvalue weighted by molar-refractivity contribution is 6.16. The fourth-order valence-electron chi connectivity index (χ4n) is 1.85. The van der Waals surface area contributed by atoms with Crippen LogP contribution < -0.4 is 16.8 Å². The average Bonchev–Trinajstić information content (AvgIpc) is 2.19. The third-order valence-electron chi connectivity index (χ3n) is 2.97. The largest absolute Gasteiger partial charge is 0.397 e. The van der Waals surface area contributed by atoms with Crippen molar-refractivity contribution >= 4 is 23.2 Å². The Hall–Kier alpha value is -2.04. The molecule has 84 valence electrons. The highest BCUT2D eigenvalue weighted by atomic mass is 16.2. The van der Waals surface area contributed by atoms with Crippen LogP contribution in [0.3, 0.4) is 0 Å². The number of anilines is 2. The molecule has 0 spiro atoms. The van der Waals surface area contributed by atoms with Crippen LogP contribution in [0.15, 0.2) is 12.1 Å². The predicted octanol–water partition coefficient (Wildman–Crippen LogP) is 0.399. The van der Waals surface area contributed by atoms with E-state index < -0.39 is 11.3 Å². The minimum atomic E-state index is -0.773. The normalized spacial score (nSPS) is 17.9. The third-order valence-corrected chi connectivity index (χ3v) is 2.97. The zero-order valence-corrected chi connectivity index (χ0v) is 9.13. The summed E-state index contributed by atoms with van der Waals surface area (Å²) < 4.78 is 0. The number of benzene rings is 1. The first kappa shape index (κ1) is 10.5. The molecular weight excluding hydrogens is 206 g/mol. The van der Waals surface area contributed by atoms with Crippen molar-refractivity contribution in [3.8, 4) is 0 Å². The fraction of sp³-hybridized carbons (Fsp3) is 0.273. The van der Waals surface area contributed by atoms with Gasteiger partial charge in [-0.3, -0.25) is 14.9 Å². The maximum atomic E-state index is 11.7. The van der Waals surface area contributed by atoms with Gasteiger partial charge in [-0.25, -0.2) is 0 Å². The lowest BCUT2D eigenvalue weighted by Gasteiger charge is -2.31. The van der Waals surface area contributed by atoms with Gasteiger partial charge in [0, 0.05) is 0 Å². The van der Waals surface area contributed by atoms with Crippen LogP contribution in [0.1, 0.15) is 29.8 Å². The topological polar surface area (TPSA) is 98.2 Å². The molecule has 1 heterocycles. The van der Waals surface area contributed by atoms with Gasteiger partial charge in [-0.2, -0.15) is 0 Å². The first-order valence-corrected chi connectivity index (χ1v) is 4.90. The second-order valence-electron chi connectivity index (χ2n) is 4.40. The number of nitrogen functional groups attached to an aromatic ring is 2. The molecule has 0 aromatic heterocycles. The maximum Gasteiger partial charge on any atom is 0.260 e. The van der Waals surface area contributed by atoms with E-state index in [2.05, 4.69) is 5.32 Å². The number of hydrogen-bond donors (Lipinski definition) is 3. The summed E-state index contributed by atoms with van der Waals surface area (Å²) in [7, 11) is 0. The summed E-state index contributed by atoms with van der Waals surface area (Å²) in [6, 6.07) is 3.29. The Morgan fingerprint density at radius 1 is 1.19 bits per heavy atom. The monoisotopic (exact) mass is 219 g/mol. The van der Waals surface area contributed by atoms with E-state index in [1.807, 2.05) is 0 Å². The lowest BCUT2D eigenvalue weighted by molar-refractivity contribution is -0.125. The summed E-state index contributed by atoms with van der Waals surface area (Å²) in [4.78, 5) is 23.4. The van der Waals surface area contributed by atoms with Crippen LogP contribution in [0, 0.1) is 0 Å². The molecule has 2 rings (SSSR count). The van der Waals surface area contributed by atoms with Crippen LogP contribution in [0.5, 0.6) is 0 Å². The first-order chi connectivity index (χ1) is 7.35. The highest BCUT2D eigenvalue weighted by Gasteiger charge is 2.40. The van der Waals surface area contributed by atoms with Gasteiger partial charge in [0.15, 0.2) is 0 Å². The van der Waals surface area contributed by atoms with Gasteiger partial charge in [0.25, 0.3) is 5.91 Å². The molecule has 1 aromatic carbocycles. The summed E-state index contributed by atoms with van der Waals surface area (Å²) in [5, 5.41) is 2.28. The Balaban J connectivity index is 2.79. The summed E-state index contributed by atoms with van der Waals surface area (Å²) >= 11 is 0. The van der Waals surface area contributed by atoms with E-state index in [9.17, 15) is 9.59 Å². The lowest BCUT2D eigenvalue weighted by atomic mass is 9.77. The number of nitrogens with two attached hydrogens (primary N) is 2. The van der Waals surface area contributed by atoms with E-state index in [0.717, 1.165) is 0 Å². The van der Waals surface area contributed by atoms with Gasteiger partial charge in [-0.15, -0.1) is 0 Å². The van der Waals surface area contributed by atoms with Gasteiger partial charge < -0.3 is 11.5 Å². The van der Waals surface area contributed by atoms with Gasteiger partial charge in [0.05, 0.1) is 22.4 Å². The number of carbonyl (C=O) groups excluding carboxylic acids is 2. The number of nitrogens with one attached hydrogen (secondary N) is 1. The number of hydrogen-bond acceptors (Lipinski definition) is 4. The molecule has 5 heteroatoms. The number of amides is 2. The number of rotatable bonds is 0. The second kappa shape index (κ2) is 2.98. The summed E-state index contributed by atoms with van der Waals surface area (Å²) in [5.41, 5.74) is 12.1.